The summed E-state index contributed by atoms with van der Waals surface area (Å²) in [5, 5.41) is 24.2. The third kappa shape index (κ3) is 4.31. The van der Waals surface area contributed by atoms with Gasteiger partial charge in [0.2, 0.25) is 5.69 Å². The molecule has 50 heavy (non-hydrogen) atoms. The minimum absolute atomic E-state index is 0.534. The van der Waals surface area contributed by atoms with Gasteiger partial charge in [-0.3, -0.25) is 0 Å². The molecule has 0 bridgehead atoms. The lowest BCUT2D eigenvalue weighted by Gasteiger charge is -2.17. The molecule has 0 saturated carbocycles. The molecule has 0 amide bonds. The van der Waals surface area contributed by atoms with Gasteiger partial charge in [-0.1, -0.05) is 97.1 Å². The van der Waals surface area contributed by atoms with E-state index in [1.54, 1.807) is 0 Å². The van der Waals surface area contributed by atoms with E-state index in [9.17, 15) is 10.5 Å². The first kappa shape index (κ1) is 28.8. The number of para-hydroxylation sites is 4. The predicted octanol–water partition coefficient (Wildman–Crippen LogP) is 11.5. The van der Waals surface area contributed by atoms with Crippen molar-refractivity contribution in [2.75, 3.05) is 0 Å². The molecule has 0 atom stereocenters. The molecule has 9 rings (SSSR count). The molecule has 0 unspecified atom stereocenters. The molecular formula is C45H25N5. The van der Waals surface area contributed by atoms with E-state index in [0.717, 1.165) is 77.2 Å². The van der Waals surface area contributed by atoms with Crippen molar-refractivity contribution in [2.45, 2.75) is 0 Å². The Morgan fingerprint density at radius 1 is 0.480 bits per heavy atom. The molecular weight excluding hydrogens is 611 g/mol. The van der Waals surface area contributed by atoms with Crippen LogP contribution in [0.5, 0.6) is 0 Å². The molecule has 0 N–H and O–H groups in total. The van der Waals surface area contributed by atoms with Gasteiger partial charge in [-0.2, -0.15) is 10.5 Å². The summed E-state index contributed by atoms with van der Waals surface area (Å²) in [6.45, 7) is 8.19. The summed E-state index contributed by atoms with van der Waals surface area (Å²) >= 11 is 0. The number of nitrogens with zero attached hydrogens (tertiary/aromatic N) is 5. The van der Waals surface area contributed by atoms with Gasteiger partial charge in [-0.05, 0) is 76.9 Å². The van der Waals surface area contributed by atoms with Crippen LogP contribution >= 0.6 is 0 Å². The molecule has 5 nitrogen and oxygen atoms in total. The average molecular weight is 636 g/mol. The smallest absolute Gasteiger partial charge is 0.211 e. The van der Waals surface area contributed by atoms with Gasteiger partial charge < -0.3 is 9.13 Å². The van der Waals surface area contributed by atoms with Crippen molar-refractivity contribution in [2.24, 2.45) is 0 Å². The van der Waals surface area contributed by atoms with E-state index in [0.29, 0.717) is 16.8 Å². The van der Waals surface area contributed by atoms with Crippen molar-refractivity contribution in [3.8, 4) is 45.8 Å². The van der Waals surface area contributed by atoms with Crippen LogP contribution in [0.15, 0.2) is 152 Å². The van der Waals surface area contributed by atoms with E-state index in [1.165, 1.54) is 0 Å². The maximum Gasteiger partial charge on any atom is 0.211 e. The monoisotopic (exact) mass is 635 g/mol. The Morgan fingerprint density at radius 2 is 1.08 bits per heavy atom. The lowest BCUT2D eigenvalue weighted by Crippen LogP contribution is -1.99. The molecule has 9 aromatic rings. The van der Waals surface area contributed by atoms with Crippen molar-refractivity contribution in [3.63, 3.8) is 0 Å². The third-order valence-electron chi connectivity index (χ3n) is 9.61. The molecule has 0 spiro atoms. The molecule has 0 radical (unpaired) electrons. The van der Waals surface area contributed by atoms with Gasteiger partial charge >= 0.3 is 0 Å². The van der Waals surface area contributed by atoms with Crippen LogP contribution in [0.3, 0.4) is 0 Å². The summed E-state index contributed by atoms with van der Waals surface area (Å²) < 4.78 is 4.34. The Balaban J connectivity index is 1.25. The van der Waals surface area contributed by atoms with Gasteiger partial charge in [-0.15, -0.1) is 0 Å². The van der Waals surface area contributed by atoms with Crippen molar-refractivity contribution in [1.29, 1.82) is 10.5 Å². The van der Waals surface area contributed by atoms with Crippen LogP contribution in [0.25, 0.3) is 82.1 Å². The van der Waals surface area contributed by atoms with E-state index in [1.807, 2.05) is 84.9 Å². The van der Waals surface area contributed by atoms with Crippen LogP contribution in [0.1, 0.15) is 11.1 Å². The Bertz CT molecular complexity index is 2920. The summed E-state index contributed by atoms with van der Waals surface area (Å²) in [6.07, 6.45) is 0. The van der Waals surface area contributed by atoms with Gasteiger partial charge in [0.15, 0.2) is 0 Å². The summed E-state index contributed by atoms with van der Waals surface area (Å²) in [6, 6.07) is 55.4. The molecule has 0 aliphatic heterocycles. The number of benzene rings is 7. The summed E-state index contributed by atoms with van der Waals surface area (Å²) in [5.74, 6) is 0. The Labute approximate surface area is 288 Å². The highest BCUT2D eigenvalue weighted by molar-refractivity contribution is 6.11. The zero-order chi connectivity index (χ0) is 33.8. The SMILES string of the molecule is [C-]#[N+]c1cccc(-c2cccc(-c3ccc(C#N)c(-n4c5ccccc5c5ccccc54)c3)c2)c1-n1c2ccccc2c2cc(C#N)ccc21. The number of nitriles is 2. The maximum atomic E-state index is 10.3. The van der Waals surface area contributed by atoms with Crippen LogP contribution < -0.4 is 0 Å². The van der Waals surface area contributed by atoms with Crippen LogP contribution in [0, 0.1) is 29.2 Å². The molecule has 0 fully saturated rings. The van der Waals surface area contributed by atoms with Crippen LogP contribution in [0.4, 0.5) is 5.69 Å². The molecule has 0 aliphatic carbocycles. The van der Waals surface area contributed by atoms with Crippen molar-refractivity contribution >= 4 is 49.3 Å². The Kier molecular flexibility index (Phi) is 6.56. The Morgan fingerprint density at radius 3 is 1.76 bits per heavy atom. The van der Waals surface area contributed by atoms with E-state index >= 15 is 0 Å². The number of rotatable bonds is 4. The van der Waals surface area contributed by atoms with Crippen molar-refractivity contribution in [3.05, 3.63) is 174 Å². The highest BCUT2D eigenvalue weighted by Gasteiger charge is 2.20. The van der Waals surface area contributed by atoms with Crippen LogP contribution in [0.2, 0.25) is 0 Å². The second-order valence-electron chi connectivity index (χ2n) is 12.3. The molecule has 5 heteroatoms. The Hall–Kier alpha value is -7.39. The summed E-state index contributed by atoms with van der Waals surface area (Å²) in [7, 11) is 0. The first-order valence-corrected chi connectivity index (χ1v) is 16.3. The number of aromatic nitrogens is 2. The normalized spacial score (nSPS) is 11.1. The molecule has 2 aromatic heterocycles. The molecule has 230 valence electrons. The predicted molar refractivity (Wildman–Crippen MR) is 202 cm³/mol. The lowest BCUT2D eigenvalue weighted by molar-refractivity contribution is 1.17. The molecule has 0 saturated heterocycles. The van der Waals surface area contributed by atoms with Gasteiger partial charge in [0.25, 0.3) is 0 Å². The minimum atomic E-state index is 0.534. The number of hydrogen-bond acceptors (Lipinski definition) is 2. The summed E-state index contributed by atoms with van der Waals surface area (Å²) in [5.41, 5.74) is 11.2. The van der Waals surface area contributed by atoms with E-state index in [-0.39, 0.29) is 0 Å². The van der Waals surface area contributed by atoms with Crippen LogP contribution in [-0.4, -0.2) is 9.13 Å². The van der Waals surface area contributed by atoms with Crippen LogP contribution in [-0.2, 0) is 0 Å². The number of fused-ring (bicyclic) bond motifs is 6. The first-order chi connectivity index (χ1) is 24.7. The maximum absolute atomic E-state index is 10.3. The van der Waals surface area contributed by atoms with Gasteiger partial charge in [0.05, 0.1) is 57.2 Å². The average Bonchev–Trinajstić information content (AvgIpc) is 3.69. The van der Waals surface area contributed by atoms with Gasteiger partial charge in [0, 0.05) is 21.5 Å². The van der Waals surface area contributed by atoms with E-state index in [2.05, 4.69) is 92.8 Å². The standard InChI is InChI=1S/C45H25N5/c1-48-39-16-9-15-34(45(39)50-42-19-7-4-14-37(42)38-24-29(27-46)20-23-43(38)50)32-11-8-10-30(25-32)31-21-22-33(28-47)44(26-31)49-40-17-5-2-12-35(40)36-13-3-6-18-41(36)49/h2-26H. The second-order valence-corrected chi connectivity index (χ2v) is 12.3. The lowest BCUT2D eigenvalue weighted by atomic mass is 9.96. The fourth-order valence-corrected chi connectivity index (χ4v) is 7.41. The fourth-order valence-electron chi connectivity index (χ4n) is 7.41. The first-order valence-electron chi connectivity index (χ1n) is 16.3. The highest BCUT2D eigenvalue weighted by Crippen LogP contribution is 2.42. The topological polar surface area (TPSA) is 61.8 Å². The quantitative estimate of drug-likeness (QED) is 0.181. The van der Waals surface area contributed by atoms with Crippen molar-refractivity contribution < 1.29 is 0 Å². The van der Waals surface area contributed by atoms with Gasteiger partial charge in [0.1, 0.15) is 6.07 Å². The molecule has 2 heterocycles. The second kappa shape index (κ2) is 11.4. The largest absolute Gasteiger partial charge is 0.318 e. The molecule has 0 aliphatic rings. The highest BCUT2D eigenvalue weighted by atomic mass is 15.0. The van der Waals surface area contributed by atoms with Gasteiger partial charge in [-0.25, -0.2) is 4.85 Å². The zero-order valence-electron chi connectivity index (χ0n) is 26.7. The van der Waals surface area contributed by atoms with E-state index < -0.39 is 0 Å². The van der Waals surface area contributed by atoms with Crippen molar-refractivity contribution in [1.82, 2.24) is 9.13 Å². The summed E-state index contributed by atoms with van der Waals surface area (Å²) in [4.78, 5) is 3.99. The number of hydrogen-bond donors (Lipinski definition) is 0. The zero-order valence-corrected chi connectivity index (χ0v) is 26.7. The fraction of sp³-hybridized carbons (Fsp3) is 0. The molecule has 7 aromatic carbocycles. The van der Waals surface area contributed by atoms with E-state index in [4.69, 9.17) is 6.57 Å². The third-order valence-corrected chi connectivity index (χ3v) is 9.61. The minimum Gasteiger partial charge on any atom is -0.318 e.